The predicted octanol–water partition coefficient (Wildman–Crippen LogP) is 3.95. The molecule has 200 valence electrons. The second-order valence-electron chi connectivity index (χ2n) is 10.5. The maximum Gasteiger partial charge on any atom is 0.311 e. The van der Waals surface area contributed by atoms with Gasteiger partial charge in [-0.25, -0.2) is 0 Å². The first-order valence-corrected chi connectivity index (χ1v) is 13.9. The van der Waals surface area contributed by atoms with Crippen molar-refractivity contribution in [2.24, 2.45) is 11.8 Å². The lowest BCUT2D eigenvalue weighted by atomic mass is 9.66. The highest BCUT2D eigenvalue weighted by Crippen LogP contribution is 2.71. The number of carbonyl (C=O) groups is 3. The number of anilines is 1. The number of fused-ring (bicyclic) bond motifs is 2. The Labute approximate surface area is 227 Å². The van der Waals surface area contributed by atoms with E-state index < -0.39 is 33.3 Å². The fourth-order valence-corrected chi connectivity index (χ4v) is 9.03. The maximum atomic E-state index is 14.5. The fourth-order valence-electron chi connectivity index (χ4n) is 6.69. The molecule has 2 aromatic carbocycles. The number of nitrogens with zero attached hydrogens (tertiary/aromatic N) is 2. The minimum Gasteiger partial charge on any atom is -0.465 e. The number of benzene rings is 2. The number of hydrogen-bond acceptors (Lipinski definition) is 6. The van der Waals surface area contributed by atoms with Crippen molar-refractivity contribution in [2.45, 2.75) is 41.7 Å². The number of hydrogen-bond donors (Lipinski definition) is 1. The van der Waals surface area contributed by atoms with E-state index in [4.69, 9.17) is 4.74 Å². The van der Waals surface area contributed by atoms with Crippen LogP contribution in [0.2, 0.25) is 0 Å². The molecular formula is C30H34N2O5S. The van der Waals surface area contributed by atoms with Crippen LogP contribution in [0.1, 0.15) is 26.2 Å². The summed E-state index contributed by atoms with van der Waals surface area (Å²) in [6, 6.07) is 13.0. The predicted molar refractivity (Wildman–Crippen MR) is 150 cm³/mol. The fraction of sp³-hybridized carbons (Fsp3) is 0.433. The molecule has 3 heterocycles. The summed E-state index contributed by atoms with van der Waals surface area (Å²) >= 11 is 1.59. The van der Waals surface area contributed by atoms with Crippen LogP contribution >= 0.6 is 11.8 Å². The van der Waals surface area contributed by atoms with E-state index in [-0.39, 0.29) is 38.1 Å². The van der Waals surface area contributed by atoms with Crippen LogP contribution in [0.3, 0.4) is 0 Å². The average Bonchev–Trinajstić information content (AvgIpc) is 3.48. The van der Waals surface area contributed by atoms with Gasteiger partial charge in [0.05, 0.1) is 29.8 Å². The lowest BCUT2D eigenvalue weighted by molar-refractivity contribution is -0.155. The summed E-state index contributed by atoms with van der Waals surface area (Å²) in [5, 5.41) is 11.9. The third-order valence-corrected chi connectivity index (χ3v) is 10.3. The molecule has 1 N–H and O–H groups in total. The minimum atomic E-state index is -0.809. The summed E-state index contributed by atoms with van der Waals surface area (Å²) in [4.78, 5) is 44.9. The zero-order valence-electron chi connectivity index (χ0n) is 21.7. The standard InChI is InChI=1S/C30H34N2O5S/c1-4-6-18-37-28(36)24-23-26(34)32(16-17-33)25(30(23)14-13-29(24,3)38-30)27(35)31(15-5-2)22-12-11-20-9-7-8-10-21(20)19-22/h4-5,7-12,19,23-25,33H,1-2,6,13-18H2,3H3/t23-,24+,25?,29-,30?/m0/s1. The second-order valence-corrected chi connectivity index (χ2v) is 12.4. The normalized spacial score (nSPS) is 29.4. The van der Waals surface area contributed by atoms with Gasteiger partial charge >= 0.3 is 5.97 Å². The quantitative estimate of drug-likeness (QED) is 0.282. The molecule has 0 aromatic heterocycles. The zero-order chi connectivity index (χ0) is 27.1. The SMILES string of the molecule is C=CCCOC(=O)[C@H]1[C@H]2C(=O)N(CCO)C(C(=O)N(CC=C)c3ccc4ccccc4c3)C23CC[C@]1(C)S3. The molecule has 38 heavy (non-hydrogen) atoms. The lowest BCUT2D eigenvalue weighted by Gasteiger charge is -2.37. The second kappa shape index (κ2) is 10.2. The Bertz CT molecular complexity index is 1300. The third-order valence-electron chi connectivity index (χ3n) is 8.29. The van der Waals surface area contributed by atoms with Crippen LogP contribution in [0.15, 0.2) is 67.8 Å². The smallest absolute Gasteiger partial charge is 0.311 e. The molecule has 2 amide bonds. The average molecular weight is 535 g/mol. The summed E-state index contributed by atoms with van der Waals surface area (Å²) in [5.41, 5.74) is 0.717. The Morgan fingerprint density at radius 1 is 1.18 bits per heavy atom. The molecule has 3 saturated heterocycles. The van der Waals surface area contributed by atoms with Crippen LogP contribution in [0.5, 0.6) is 0 Å². The van der Waals surface area contributed by atoms with Gasteiger partial charge in [0.2, 0.25) is 5.91 Å². The number of esters is 1. The van der Waals surface area contributed by atoms with Crippen LogP contribution in [0, 0.1) is 11.8 Å². The van der Waals surface area contributed by atoms with Crippen molar-refractivity contribution in [1.82, 2.24) is 4.90 Å². The number of β-amino-alcohol motifs (C(OH)–C–C–N with tert-alkyl or cyclic N) is 1. The van der Waals surface area contributed by atoms with Crippen LogP contribution in [0.25, 0.3) is 10.8 Å². The molecule has 3 fully saturated rings. The molecule has 2 unspecified atom stereocenters. The highest BCUT2D eigenvalue weighted by molar-refractivity contribution is 8.02. The molecule has 2 bridgehead atoms. The zero-order valence-corrected chi connectivity index (χ0v) is 22.5. The molecule has 8 heteroatoms. The van der Waals surface area contributed by atoms with Crippen molar-refractivity contribution in [3.8, 4) is 0 Å². The van der Waals surface area contributed by atoms with Crippen LogP contribution in [-0.2, 0) is 19.1 Å². The summed E-state index contributed by atoms with van der Waals surface area (Å²) < 4.78 is 4.31. The van der Waals surface area contributed by atoms with Crippen molar-refractivity contribution >= 4 is 46.0 Å². The number of rotatable bonds is 10. The van der Waals surface area contributed by atoms with Gasteiger partial charge in [-0.1, -0.05) is 42.5 Å². The summed E-state index contributed by atoms with van der Waals surface area (Å²) in [6.45, 7) is 9.80. The number of thioether (sulfide) groups is 1. The Balaban J connectivity index is 1.55. The van der Waals surface area contributed by atoms with Crippen molar-refractivity contribution in [3.05, 3.63) is 67.8 Å². The highest BCUT2D eigenvalue weighted by atomic mass is 32.2. The topological polar surface area (TPSA) is 87.1 Å². The van der Waals surface area contributed by atoms with E-state index in [1.54, 1.807) is 28.8 Å². The number of carbonyl (C=O) groups excluding carboxylic acids is 3. The molecule has 0 radical (unpaired) electrons. The van der Waals surface area contributed by atoms with Crippen molar-refractivity contribution in [3.63, 3.8) is 0 Å². The van der Waals surface area contributed by atoms with Gasteiger partial charge in [0.1, 0.15) is 6.04 Å². The number of amides is 2. The monoisotopic (exact) mass is 534 g/mol. The van der Waals surface area contributed by atoms with E-state index in [1.807, 2.05) is 49.4 Å². The Kier molecular flexibility index (Phi) is 7.13. The van der Waals surface area contributed by atoms with Gasteiger partial charge in [-0.2, -0.15) is 0 Å². The Hall–Kier alpha value is -3.10. The van der Waals surface area contributed by atoms with Gasteiger partial charge in [0.25, 0.3) is 5.91 Å². The first kappa shape index (κ1) is 26.5. The molecule has 3 aliphatic heterocycles. The summed E-state index contributed by atoms with van der Waals surface area (Å²) in [7, 11) is 0. The van der Waals surface area contributed by atoms with E-state index in [0.717, 1.165) is 10.8 Å². The first-order chi connectivity index (χ1) is 18.3. The van der Waals surface area contributed by atoms with E-state index in [9.17, 15) is 19.5 Å². The van der Waals surface area contributed by atoms with Gasteiger partial charge < -0.3 is 19.6 Å². The maximum absolute atomic E-state index is 14.5. The van der Waals surface area contributed by atoms with Gasteiger partial charge in [-0.15, -0.1) is 24.9 Å². The molecule has 0 saturated carbocycles. The number of ether oxygens (including phenoxy) is 1. The van der Waals surface area contributed by atoms with Crippen molar-refractivity contribution in [1.29, 1.82) is 0 Å². The lowest BCUT2D eigenvalue weighted by Crippen LogP contribution is -2.55. The molecule has 7 nitrogen and oxygen atoms in total. The Morgan fingerprint density at radius 2 is 1.95 bits per heavy atom. The van der Waals surface area contributed by atoms with Gasteiger partial charge in [0.15, 0.2) is 0 Å². The third kappa shape index (κ3) is 4.05. The van der Waals surface area contributed by atoms with E-state index >= 15 is 0 Å². The highest BCUT2D eigenvalue weighted by Gasteiger charge is 2.77. The minimum absolute atomic E-state index is 0.0304. The van der Waals surface area contributed by atoms with Gasteiger partial charge in [0, 0.05) is 23.5 Å². The summed E-state index contributed by atoms with van der Waals surface area (Å²) in [6.07, 6.45) is 5.24. The number of aliphatic hydroxyl groups excluding tert-OH is 1. The van der Waals surface area contributed by atoms with Crippen molar-refractivity contribution < 1.29 is 24.2 Å². The Morgan fingerprint density at radius 3 is 2.66 bits per heavy atom. The molecule has 0 aliphatic carbocycles. The van der Waals surface area contributed by atoms with Gasteiger partial charge in [-0.05, 0) is 49.1 Å². The molecule has 1 spiro atoms. The largest absolute Gasteiger partial charge is 0.465 e. The summed E-state index contributed by atoms with van der Waals surface area (Å²) in [5.74, 6) is -2.19. The van der Waals surface area contributed by atoms with Crippen LogP contribution < -0.4 is 4.90 Å². The molecule has 3 aliphatic rings. The van der Waals surface area contributed by atoms with Crippen LogP contribution in [0.4, 0.5) is 5.69 Å². The molecule has 5 atom stereocenters. The first-order valence-electron chi connectivity index (χ1n) is 13.1. The molecule has 2 aromatic rings. The van der Waals surface area contributed by atoms with Crippen molar-refractivity contribution in [2.75, 3.05) is 31.2 Å². The molecule has 5 rings (SSSR count). The van der Waals surface area contributed by atoms with Gasteiger partial charge in [-0.3, -0.25) is 14.4 Å². The number of aliphatic hydroxyl groups is 1. The van der Waals surface area contributed by atoms with E-state index in [1.165, 1.54) is 4.90 Å². The number of likely N-dealkylation sites (tertiary alicyclic amines) is 1. The van der Waals surface area contributed by atoms with E-state index in [2.05, 4.69) is 13.2 Å². The van der Waals surface area contributed by atoms with Crippen LogP contribution in [-0.4, -0.2) is 69.6 Å². The molecular weight excluding hydrogens is 500 g/mol. The van der Waals surface area contributed by atoms with E-state index in [0.29, 0.717) is 24.9 Å².